The van der Waals surface area contributed by atoms with Gasteiger partial charge in [0.25, 0.3) is 0 Å². The summed E-state index contributed by atoms with van der Waals surface area (Å²) in [7, 11) is 0. The zero-order chi connectivity index (χ0) is 14.0. The Morgan fingerprint density at radius 1 is 1.30 bits per heavy atom. The van der Waals surface area contributed by atoms with E-state index in [0.717, 1.165) is 32.6 Å². The van der Waals surface area contributed by atoms with Crippen LogP contribution in [0.25, 0.3) is 0 Å². The van der Waals surface area contributed by atoms with Crippen molar-refractivity contribution in [2.24, 2.45) is 10.8 Å². The lowest BCUT2D eigenvalue weighted by Crippen LogP contribution is -2.77. The predicted octanol–water partition coefficient (Wildman–Crippen LogP) is 1.49. The number of piperidine rings is 2. The molecule has 20 heavy (non-hydrogen) atoms. The summed E-state index contributed by atoms with van der Waals surface area (Å²) in [5.74, 6) is 0. The molecule has 5 heterocycles. The first-order chi connectivity index (χ1) is 9.58. The topological polar surface area (TPSA) is 39.6 Å². The molecule has 0 saturated carbocycles. The summed E-state index contributed by atoms with van der Waals surface area (Å²) in [5.41, 5.74) is 1.37. The van der Waals surface area contributed by atoms with E-state index < -0.39 is 0 Å². The maximum absolute atomic E-state index is 10.8. The van der Waals surface area contributed by atoms with E-state index in [2.05, 4.69) is 34.7 Å². The van der Waals surface area contributed by atoms with Crippen molar-refractivity contribution in [3.05, 3.63) is 30.1 Å². The van der Waals surface area contributed by atoms with Crippen molar-refractivity contribution in [2.45, 2.75) is 32.5 Å². The summed E-state index contributed by atoms with van der Waals surface area (Å²) in [4.78, 5) is 9.40. The van der Waals surface area contributed by atoms with Crippen molar-refractivity contribution in [1.29, 1.82) is 0 Å². The monoisotopic (exact) mass is 273 g/mol. The number of aliphatic hydroxyl groups is 1. The lowest BCUT2D eigenvalue weighted by Gasteiger charge is -2.69. The first kappa shape index (κ1) is 12.7. The van der Waals surface area contributed by atoms with Gasteiger partial charge in [0, 0.05) is 55.0 Å². The fourth-order valence-corrected chi connectivity index (χ4v) is 4.98. The van der Waals surface area contributed by atoms with Crippen LogP contribution in [0.1, 0.15) is 32.0 Å². The Bertz CT molecular complexity index is 502. The van der Waals surface area contributed by atoms with E-state index in [1.165, 1.54) is 5.56 Å². The first-order valence-electron chi connectivity index (χ1n) is 7.64. The Kier molecular flexibility index (Phi) is 2.57. The van der Waals surface area contributed by atoms with Gasteiger partial charge in [-0.3, -0.25) is 14.8 Å². The molecule has 1 N–H and O–H groups in total. The van der Waals surface area contributed by atoms with Gasteiger partial charge in [0.2, 0.25) is 0 Å². The second kappa shape index (κ2) is 4.03. The minimum absolute atomic E-state index is 0.0191. The minimum Gasteiger partial charge on any atom is -0.392 e. The number of pyridine rings is 1. The molecule has 1 aromatic rings. The maximum Gasteiger partial charge on any atom is 0.0902 e. The molecule has 3 atom stereocenters. The third-order valence-electron chi connectivity index (χ3n) is 5.78. The molecule has 5 rings (SSSR count). The second-order valence-corrected chi connectivity index (χ2v) is 7.24. The van der Waals surface area contributed by atoms with Crippen LogP contribution in [0.2, 0.25) is 0 Å². The van der Waals surface area contributed by atoms with E-state index >= 15 is 0 Å². The summed E-state index contributed by atoms with van der Waals surface area (Å²) in [5, 5.41) is 10.8. The van der Waals surface area contributed by atoms with Gasteiger partial charge in [-0.25, -0.2) is 0 Å². The molecule has 0 amide bonds. The van der Waals surface area contributed by atoms with Crippen molar-refractivity contribution in [3.63, 3.8) is 0 Å². The molecule has 0 radical (unpaired) electrons. The number of hydrogen-bond donors (Lipinski definition) is 1. The average Bonchev–Trinajstić information content (AvgIpc) is 2.44. The van der Waals surface area contributed by atoms with E-state index in [-0.39, 0.29) is 16.9 Å². The fraction of sp³-hybridized carbons (Fsp3) is 0.688. The van der Waals surface area contributed by atoms with Crippen LogP contribution in [-0.4, -0.2) is 52.2 Å². The maximum atomic E-state index is 10.8. The molecule has 0 aliphatic carbocycles. The van der Waals surface area contributed by atoms with E-state index in [4.69, 9.17) is 0 Å². The molecule has 4 saturated heterocycles. The van der Waals surface area contributed by atoms with Gasteiger partial charge in [-0.15, -0.1) is 0 Å². The van der Waals surface area contributed by atoms with Crippen molar-refractivity contribution in [3.8, 4) is 0 Å². The summed E-state index contributed by atoms with van der Waals surface area (Å²) < 4.78 is 0. The van der Waals surface area contributed by atoms with Gasteiger partial charge >= 0.3 is 0 Å². The van der Waals surface area contributed by atoms with Gasteiger partial charge in [-0.05, 0) is 12.5 Å². The molecule has 4 nitrogen and oxygen atoms in total. The third-order valence-corrected chi connectivity index (χ3v) is 5.78. The number of nitrogens with zero attached hydrogens (tertiary/aromatic N) is 3. The van der Waals surface area contributed by atoms with Crippen LogP contribution in [0, 0.1) is 10.8 Å². The zero-order valence-corrected chi connectivity index (χ0v) is 12.3. The third kappa shape index (κ3) is 1.50. The van der Waals surface area contributed by atoms with Crippen LogP contribution >= 0.6 is 0 Å². The SMILES string of the molecule is CCC12CN3CC(C)(CN(C1)C3c1cccnc1)[C@@H]2O. The van der Waals surface area contributed by atoms with Crippen molar-refractivity contribution < 1.29 is 5.11 Å². The molecule has 4 fully saturated rings. The Labute approximate surface area is 120 Å². The fourth-order valence-electron chi connectivity index (χ4n) is 4.98. The van der Waals surface area contributed by atoms with Gasteiger partial charge in [-0.2, -0.15) is 0 Å². The summed E-state index contributed by atoms with van der Waals surface area (Å²) in [6.07, 6.45) is 5.07. The van der Waals surface area contributed by atoms with Gasteiger partial charge in [0.05, 0.1) is 12.3 Å². The van der Waals surface area contributed by atoms with Crippen LogP contribution in [0.5, 0.6) is 0 Å². The smallest absolute Gasteiger partial charge is 0.0902 e. The summed E-state index contributed by atoms with van der Waals surface area (Å²) in [6.45, 7) is 8.48. The molecule has 2 unspecified atom stereocenters. The van der Waals surface area contributed by atoms with Crippen molar-refractivity contribution in [2.75, 3.05) is 26.2 Å². The van der Waals surface area contributed by atoms with E-state index in [1.54, 1.807) is 0 Å². The van der Waals surface area contributed by atoms with Gasteiger partial charge < -0.3 is 5.11 Å². The summed E-state index contributed by atoms with van der Waals surface area (Å²) in [6, 6.07) is 4.20. The number of hydrogen-bond acceptors (Lipinski definition) is 4. The quantitative estimate of drug-likeness (QED) is 0.886. The van der Waals surface area contributed by atoms with E-state index in [1.807, 2.05) is 18.5 Å². The van der Waals surface area contributed by atoms with E-state index in [9.17, 15) is 5.11 Å². The normalized spacial score (nSPS) is 49.5. The molecular formula is C16H23N3O. The van der Waals surface area contributed by atoms with Crippen LogP contribution in [0.15, 0.2) is 24.5 Å². The van der Waals surface area contributed by atoms with Crippen LogP contribution < -0.4 is 0 Å². The van der Waals surface area contributed by atoms with Crippen LogP contribution in [-0.2, 0) is 0 Å². The Morgan fingerprint density at radius 3 is 2.55 bits per heavy atom. The summed E-state index contributed by atoms with van der Waals surface area (Å²) >= 11 is 0. The average molecular weight is 273 g/mol. The van der Waals surface area contributed by atoms with Crippen LogP contribution in [0.3, 0.4) is 0 Å². The number of aromatic nitrogens is 1. The number of rotatable bonds is 2. The second-order valence-electron chi connectivity index (χ2n) is 7.24. The Balaban J connectivity index is 1.74. The Hall–Kier alpha value is -0.970. The van der Waals surface area contributed by atoms with Gasteiger partial charge in [0.15, 0.2) is 0 Å². The largest absolute Gasteiger partial charge is 0.392 e. The molecule has 0 aromatic carbocycles. The standard InChI is InChI=1S/C16H23N3O/c1-3-16-10-18-8-15(2,14(16)20)9-19(11-16)13(18)12-5-4-6-17-7-12/h4-7,13-14,20H,3,8-11H2,1-2H3/t13?,14-,15?,16?/m0/s1. The van der Waals surface area contributed by atoms with Gasteiger partial charge in [0.1, 0.15) is 0 Å². The minimum atomic E-state index is -0.164. The zero-order valence-electron chi connectivity index (χ0n) is 12.3. The molecule has 4 bridgehead atoms. The Morgan fingerprint density at radius 2 is 2.00 bits per heavy atom. The highest BCUT2D eigenvalue weighted by atomic mass is 16.3. The predicted molar refractivity (Wildman–Crippen MR) is 77.0 cm³/mol. The van der Waals surface area contributed by atoms with E-state index in [0.29, 0.717) is 6.17 Å². The molecular weight excluding hydrogens is 250 g/mol. The molecule has 0 spiro atoms. The number of aliphatic hydroxyl groups excluding tert-OH is 1. The molecule has 4 aliphatic rings. The molecule has 1 aromatic heterocycles. The highest BCUT2D eigenvalue weighted by Crippen LogP contribution is 2.55. The lowest BCUT2D eigenvalue weighted by atomic mass is 9.59. The van der Waals surface area contributed by atoms with Gasteiger partial charge in [-0.1, -0.05) is 19.9 Å². The highest BCUT2D eigenvalue weighted by molar-refractivity contribution is 5.22. The lowest BCUT2D eigenvalue weighted by molar-refractivity contribution is -0.260. The van der Waals surface area contributed by atoms with Crippen molar-refractivity contribution >= 4 is 0 Å². The van der Waals surface area contributed by atoms with Crippen LogP contribution in [0.4, 0.5) is 0 Å². The first-order valence-corrected chi connectivity index (χ1v) is 7.64. The molecule has 108 valence electrons. The highest BCUT2D eigenvalue weighted by Gasteiger charge is 2.62. The molecule has 4 heteroatoms. The van der Waals surface area contributed by atoms with Crippen molar-refractivity contribution in [1.82, 2.24) is 14.8 Å². The molecule has 4 aliphatic heterocycles.